The number of hydrogen-bond donors (Lipinski definition) is 0. The number of fused-ring (bicyclic) bond motifs is 1. The first-order chi connectivity index (χ1) is 20.5. The number of pyridine rings is 1. The van der Waals surface area contributed by atoms with Crippen LogP contribution in [0.25, 0.3) is 28.2 Å². The van der Waals surface area contributed by atoms with Crippen molar-refractivity contribution in [1.82, 2.24) is 55.0 Å². The van der Waals surface area contributed by atoms with Gasteiger partial charge >= 0.3 is 0 Å². The molecule has 0 N–H and O–H groups in total. The van der Waals surface area contributed by atoms with Gasteiger partial charge in [0, 0.05) is 37.9 Å². The van der Waals surface area contributed by atoms with Gasteiger partial charge in [0.1, 0.15) is 11.2 Å². The Hall–Kier alpha value is -5.30. The molecule has 1 atom stereocenters. The highest BCUT2D eigenvalue weighted by Crippen LogP contribution is 2.28. The standard InChI is InChI=1S/C29H27N11O2/c1-19-18-40(36-32-19)22-8-9-25-23(17-22)31-28(42-25)21-10-11-30-24(16-21)29(41)39-14-12-38(13-15-39)26(20-6-4-3-5-7-20)27-33-35-37(2)34-27/h3-11,16-18,26H,12-15H2,1-2H3. The molecule has 2 aromatic carbocycles. The van der Waals surface area contributed by atoms with E-state index in [1.54, 1.807) is 30.1 Å². The number of hydrogen-bond acceptors (Lipinski definition) is 10. The summed E-state index contributed by atoms with van der Waals surface area (Å²) in [5, 5.41) is 21.0. The molecule has 1 aliphatic heterocycles. The van der Waals surface area contributed by atoms with E-state index in [-0.39, 0.29) is 11.9 Å². The normalized spacial score (nSPS) is 14.9. The van der Waals surface area contributed by atoms with Crippen molar-refractivity contribution in [2.75, 3.05) is 26.2 Å². The van der Waals surface area contributed by atoms with Crippen LogP contribution < -0.4 is 0 Å². The molecule has 1 saturated heterocycles. The summed E-state index contributed by atoms with van der Waals surface area (Å²) in [6.07, 6.45) is 3.46. The number of carbonyl (C=O) groups excluding carboxylic acids is 1. The maximum absolute atomic E-state index is 13.5. The lowest BCUT2D eigenvalue weighted by atomic mass is 10.0. The average Bonchev–Trinajstić information content (AvgIpc) is 3.77. The number of benzene rings is 2. The van der Waals surface area contributed by atoms with Crippen LogP contribution in [0.3, 0.4) is 0 Å². The molecule has 1 aliphatic rings. The number of oxazole rings is 1. The van der Waals surface area contributed by atoms with Crippen LogP contribution in [0.5, 0.6) is 0 Å². The van der Waals surface area contributed by atoms with E-state index in [0.29, 0.717) is 60.3 Å². The summed E-state index contributed by atoms with van der Waals surface area (Å²) in [6.45, 7) is 4.28. The molecule has 0 radical (unpaired) electrons. The van der Waals surface area contributed by atoms with Gasteiger partial charge in [0.05, 0.1) is 30.7 Å². The Balaban J connectivity index is 1.08. The largest absolute Gasteiger partial charge is 0.436 e. The number of rotatable bonds is 6. The lowest BCUT2D eigenvalue weighted by Crippen LogP contribution is -2.50. The van der Waals surface area contributed by atoms with Gasteiger partial charge in [0.25, 0.3) is 5.91 Å². The fourth-order valence-electron chi connectivity index (χ4n) is 5.25. The van der Waals surface area contributed by atoms with Gasteiger partial charge in [-0.15, -0.1) is 15.3 Å². The lowest BCUT2D eigenvalue weighted by molar-refractivity contribution is 0.0586. The average molecular weight is 562 g/mol. The second kappa shape index (κ2) is 10.6. The van der Waals surface area contributed by atoms with Crippen molar-refractivity contribution in [3.05, 3.63) is 95.8 Å². The van der Waals surface area contributed by atoms with Gasteiger partial charge < -0.3 is 9.32 Å². The molecular formula is C29H27N11O2. The SMILES string of the molecule is Cc1cn(-c2ccc3oc(-c4ccnc(C(=O)N5CCN(C(c6ccccc6)c6nnn(C)n6)CC5)c4)nc3c2)nn1. The molecule has 0 spiro atoms. The maximum atomic E-state index is 13.5. The zero-order chi connectivity index (χ0) is 28.6. The number of amides is 1. The number of nitrogens with zero attached hydrogens (tertiary/aromatic N) is 11. The Bertz CT molecular complexity index is 1870. The molecule has 210 valence electrons. The first-order valence-corrected chi connectivity index (χ1v) is 13.6. The van der Waals surface area contributed by atoms with Crippen molar-refractivity contribution >= 4 is 17.0 Å². The van der Waals surface area contributed by atoms with Crippen molar-refractivity contribution in [1.29, 1.82) is 0 Å². The van der Waals surface area contributed by atoms with Gasteiger partial charge in [-0.2, -0.15) is 4.80 Å². The fourth-order valence-corrected chi connectivity index (χ4v) is 5.25. The predicted octanol–water partition coefficient (Wildman–Crippen LogP) is 2.85. The molecule has 0 bridgehead atoms. The quantitative estimate of drug-likeness (QED) is 0.298. The Morgan fingerprint density at radius 3 is 2.52 bits per heavy atom. The van der Waals surface area contributed by atoms with E-state index >= 15 is 0 Å². The van der Waals surface area contributed by atoms with E-state index in [1.807, 2.05) is 54.4 Å². The third-order valence-corrected chi connectivity index (χ3v) is 7.32. The van der Waals surface area contributed by atoms with Crippen molar-refractivity contribution in [3.63, 3.8) is 0 Å². The Morgan fingerprint density at radius 2 is 1.79 bits per heavy atom. The monoisotopic (exact) mass is 561 g/mol. The minimum absolute atomic E-state index is 0.134. The van der Waals surface area contributed by atoms with Crippen LogP contribution >= 0.6 is 0 Å². The maximum Gasteiger partial charge on any atom is 0.272 e. The minimum atomic E-state index is -0.146. The van der Waals surface area contributed by atoms with Crippen LogP contribution in [0.15, 0.2) is 77.5 Å². The molecule has 7 rings (SSSR count). The molecule has 0 saturated carbocycles. The summed E-state index contributed by atoms with van der Waals surface area (Å²) >= 11 is 0. The number of aryl methyl sites for hydroxylation is 2. The fraction of sp³-hybridized carbons (Fsp3) is 0.241. The lowest BCUT2D eigenvalue weighted by Gasteiger charge is -2.38. The van der Waals surface area contributed by atoms with E-state index in [0.717, 1.165) is 16.9 Å². The van der Waals surface area contributed by atoms with Crippen molar-refractivity contribution < 1.29 is 9.21 Å². The van der Waals surface area contributed by atoms with Crippen LogP contribution in [0.1, 0.15) is 33.6 Å². The smallest absolute Gasteiger partial charge is 0.272 e. The summed E-state index contributed by atoms with van der Waals surface area (Å²) in [6, 6.07) is 19.1. The van der Waals surface area contributed by atoms with E-state index in [4.69, 9.17) is 4.42 Å². The van der Waals surface area contributed by atoms with Crippen LogP contribution in [0.2, 0.25) is 0 Å². The van der Waals surface area contributed by atoms with Gasteiger partial charge in [0.2, 0.25) is 5.89 Å². The zero-order valence-corrected chi connectivity index (χ0v) is 23.1. The summed E-state index contributed by atoms with van der Waals surface area (Å²) in [5.74, 6) is 0.922. The molecule has 1 amide bonds. The summed E-state index contributed by atoms with van der Waals surface area (Å²) in [5.41, 5.74) is 5.08. The molecule has 5 heterocycles. The highest BCUT2D eigenvalue weighted by atomic mass is 16.3. The van der Waals surface area contributed by atoms with E-state index in [9.17, 15) is 4.79 Å². The second-order valence-electron chi connectivity index (χ2n) is 10.2. The van der Waals surface area contributed by atoms with Crippen molar-refractivity contribution in [2.24, 2.45) is 7.05 Å². The molecule has 4 aromatic heterocycles. The van der Waals surface area contributed by atoms with Crippen molar-refractivity contribution in [3.8, 4) is 17.1 Å². The number of piperazine rings is 1. The minimum Gasteiger partial charge on any atom is -0.436 e. The van der Waals surface area contributed by atoms with Gasteiger partial charge in [-0.3, -0.25) is 14.7 Å². The predicted molar refractivity (Wildman–Crippen MR) is 151 cm³/mol. The van der Waals surface area contributed by atoms with Gasteiger partial charge in [-0.1, -0.05) is 35.5 Å². The Labute approximate surface area is 240 Å². The molecular weight excluding hydrogens is 534 g/mol. The highest BCUT2D eigenvalue weighted by Gasteiger charge is 2.31. The third-order valence-electron chi connectivity index (χ3n) is 7.32. The van der Waals surface area contributed by atoms with Crippen LogP contribution in [0.4, 0.5) is 0 Å². The molecule has 1 unspecified atom stereocenters. The van der Waals surface area contributed by atoms with E-state index in [1.165, 1.54) is 4.80 Å². The van der Waals surface area contributed by atoms with E-state index in [2.05, 4.69) is 52.7 Å². The van der Waals surface area contributed by atoms with Crippen LogP contribution in [-0.2, 0) is 7.05 Å². The zero-order valence-electron chi connectivity index (χ0n) is 23.1. The van der Waals surface area contributed by atoms with Crippen LogP contribution in [0, 0.1) is 6.92 Å². The Kier molecular flexibility index (Phi) is 6.47. The highest BCUT2D eigenvalue weighted by molar-refractivity contribution is 5.93. The first-order valence-electron chi connectivity index (χ1n) is 13.6. The second-order valence-corrected chi connectivity index (χ2v) is 10.2. The van der Waals surface area contributed by atoms with Gasteiger partial charge in [0.15, 0.2) is 11.4 Å². The Morgan fingerprint density at radius 1 is 0.952 bits per heavy atom. The summed E-state index contributed by atoms with van der Waals surface area (Å²) < 4.78 is 7.71. The van der Waals surface area contributed by atoms with E-state index < -0.39 is 0 Å². The molecule has 13 nitrogen and oxygen atoms in total. The molecule has 42 heavy (non-hydrogen) atoms. The van der Waals surface area contributed by atoms with Gasteiger partial charge in [-0.05, 0) is 48.0 Å². The van der Waals surface area contributed by atoms with Gasteiger partial charge in [-0.25, -0.2) is 9.67 Å². The first kappa shape index (κ1) is 25.7. The molecule has 13 heteroatoms. The topological polar surface area (TPSA) is 137 Å². The third kappa shape index (κ3) is 4.90. The molecule has 6 aromatic rings. The summed E-state index contributed by atoms with van der Waals surface area (Å²) in [7, 11) is 1.76. The van der Waals surface area contributed by atoms with Crippen molar-refractivity contribution in [2.45, 2.75) is 13.0 Å². The molecule has 1 fully saturated rings. The summed E-state index contributed by atoms with van der Waals surface area (Å²) in [4.78, 5) is 28.1. The number of carbonyl (C=O) groups is 1. The van der Waals surface area contributed by atoms with Crippen LogP contribution in [-0.4, -0.2) is 87.1 Å². The number of tetrazole rings is 1. The molecule has 0 aliphatic carbocycles. The number of aromatic nitrogens is 9.